The van der Waals surface area contributed by atoms with Gasteiger partial charge in [0, 0.05) is 18.0 Å². The van der Waals surface area contributed by atoms with Crippen LogP contribution in [-0.4, -0.2) is 30.6 Å². The first kappa shape index (κ1) is 11.5. The SMILES string of the molecule is c1ccc2oc(CN3CCCC4CNCC43)cc2c1. The molecule has 1 N–H and O–H groups in total. The molecule has 2 fully saturated rings. The molecule has 3 heteroatoms. The summed E-state index contributed by atoms with van der Waals surface area (Å²) in [5.41, 5.74) is 1.01. The molecule has 2 atom stereocenters. The van der Waals surface area contributed by atoms with Gasteiger partial charge in [0.1, 0.15) is 11.3 Å². The summed E-state index contributed by atoms with van der Waals surface area (Å²) in [7, 11) is 0. The van der Waals surface area contributed by atoms with Gasteiger partial charge in [-0.25, -0.2) is 0 Å². The molecule has 1 aromatic carbocycles. The first-order valence-electron chi connectivity index (χ1n) is 7.32. The molecular weight excluding hydrogens is 236 g/mol. The normalized spacial score (nSPS) is 27.8. The molecule has 4 rings (SSSR count). The van der Waals surface area contributed by atoms with Crippen LogP contribution in [0.2, 0.25) is 0 Å². The van der Waals surface area contributed by atoms with Gasteiger partial charge in [0.05, 0.1) is 6.54 Å². The van der Waals surface area contributed by atoms with Crippen molar-refractivity contribution < 1.29 is 4.42 Å². The van der Waals surface area contributed by atoms with Crippen molar-refractivity contribution in [3.8, 4) is 0 Å². The Kier molecular flexibility index (Phi) is 2.82. The zero-order chi connectivity index (χ0) is 12.7. The highest BCUT2D eigenvalue weighted by Crippen LogP contribution is 2.29. The molecule has 19 heavy (non-hydrogen) atoms. The summed E-state index contributed by atoms with van der Waals surface area (Å²) in [5.74, 6) is 1.95. The van der Waals surface area contributed by atoms with Crippen molar-refractivity contribution in [3.63, 3.8) is 0 Å². The van der Waals surface area contributed by atoms with E-state index < -0.39 is 0 Å². The summed E-state index contributed by atoms with van der Waals surface area (Å²) in [6, 6.07) is 11.2. The van der Waals surface area contributed by atoms with Crippen LogP contribution in [0.1, 0.15) is 18.6 Å². The van der Waals surface area contributed by atoms with E-state index >= 15 is 0 Å². The number of para-hydroxylation sites is 1. The van der Waals surface area contributed by atoms with Crippen LogP contribution >= 0.6 is 0 Å². The standard InChI is InChI=1S/C16H20N2O/c1-2-6-16-12(4-1)8-14(19-16)11-18-7-3-5-13-9-17-10-15(13)18/h1-2,4,6,8,13,15,17H,3,5,7,9-11H2. The summed E-state index contributed by atoms with van der Waals surface area (Å²) < 4.78 is 5.96. The third-order valence-corrected chi connectivity index (χ3v) is 4.63. The fourth-order valence-corrected chi connectivity index (χ4v) is 3.67. The lowest BCUT2D eigenvalue weighted by Crippen LogP contribution is -2.44. The van der Waals surface area contributed by atoms with Gasteiger partial charge in [0.15, 0.2) is 0 Å². The number of rotatable bonds is 2. The minimum Gasteiger partial charge on any atom is -0.460 e. The largest absolute Gasteiger partial charge is 0.460 e. The van der Waals surface area contributed by atoms with E-state index in [1.165, 1.54) is 31.3 Å². The van der Waals surface area contributed by atoms with E-state index in [1.54, 1.807) is 0 Å². The summed E-state index contributed by atoms with van der Waals surface area (Å²) in [4.78, 5) is 2.60. The number of fused-ring (bicyclic) bond motifs is 2. The van der Waals surface area contributed by atoms with Gasteiger partial charge in [-0.15, -0.1) is 0 Å². The molecule has 0 bridgehead atoms. The smallest absolute Gasteiger partial charge is 0.134 e. The molecule has 100 valence electrons. The summed E-state index contributed by atoms with van der Waals surface area (Å²) in [6.45, 7) is 4.50. The molecule has 2 aliphatic rings. The predicted molar refractivity (Wildman–Crippen MR) is 76.0 cm³/mol. The van der Waals surface area contributed by atoms with Crippen LogP contribution in [0.5, 0.6) is 0 Å². The molecule has 0 saturated carbocycles. The number of benzene rings is 1. The van der Waals surface area contributed by atoms with Crippen molar-refractivity contribution in [1.82, 2.24) is 10.2 Å². The van der Waals surface area contributed by atoms with E-state index in [2.05, 4.69) is 34.5 Å². The molecule has 0 spiro atoms. The van der Waals surface area contributed by atoms with Gasteiger partial charge in [-0.05, 0) is 44.0 Å². The molecule has 0 aliphatic carbocycles. The van der Waals surface area contributed by atoms with Crippen molar-refractivity contribution in [1.29, 1.82) is 0 Å². The van der Waals surface area contributed by atoms with Crippen molar-refractivity contribution in [2.45, 2.75) is 25.4 Å². The number of furan rings is 1. The lowest BCUT2D eigenvalue weighted by Gasteiger charge is -2.36. The van der Waals surface area contributed by atoms with Gasteiger partial charge in [0.2, 0.25) is 0 Å². The Morgan fingerprint density at radius 2 is 2.21 bits per heavy atom. The van der Waals surface area contributed by atoms with Crippen LogP contribution in [0.4, 0.5) is 0 Å². The van der Waals surface area contributed by atoms with Gasteiger partial charge in [0.25, 0.3) is 0 Å². The Hall–Kier alpha value is -1.32. The topological polar surface area (TPSA) is 28.4 Å². The highest BCUT2D eigenvalue weighted by molar-refractivity contribution is 5.77. The van der Waals surface area contributed by atoms with Crippen molar-refractivity contribution >= 4 is 11.0 Å². The average Bonchev–Trinajstić information content (AvgIpc) is 3.04. The average molecular weight is 256 g/mol. The first-order valence-corrected chi connectivity index (χ1v) is 7.32. The second-order valence-corrected chi connectivity index (χ2v) is 5.85. The van der Waals surface area contributed by atoms with E-state index in [9.17, 15) is 0 Å². The molecule has 2 unspecified atom stereocenters. The van der Waals surface area contributed by atoms with E-state index in [1.807, 2.05) is 6.07 Å². The van der Waals surface area contributed by atoms with Crippen LogP contribution in [0.15, 0.2) is 34.7 Å². The van der Waals surface area contributed by atoms with Crippen LogP contribution in [0, 0.1) is 5.92 Å². The second kappa shape index (κ2) is 4.66. The molecule has 0 amide bonds. The van der Waals surface area contributed by atoms with Crippen LogP contribution in [0.3, 0.4) is 0 Å². The van der Waals surface area contributed by atoms with Gasteiger partial charge < -0.3 is 9.73 Å². The maximum absolute atomic E-state index is 5.96. The third kappa shape index (κ3) is 2.07. The molecule has 1 aromatic heterocycles. The summed E-state index contributed by atoms with van der Waals surface area (Å²) in [5, 5.41) is 4.75. The van der Waals surface area contributed by atoms with Crippen LogP contribution in [0.25, 0.3) is 11.0 Å². The molecule has 0 radical (unpaired) electrons. The Morgan fingerprint density at radius 1 is 1.26 bits per heavy atom. The Labute approximate surface area is 113 Å². The number of piperidine rings is 1. The van der Waals surface area contributed by atoms with Crippen molar-refractivity contribution in [2.24, 2.45) is 5.92 Å². The number of likely N-dealkylation sites (tertiary alicyclic amines) is 1. The Morgan fingerprint density at radius 3 is 3.16 bits per heavy atom. The quantitative estimate of drug-likeness (QED) is 0.895. The van der Waals surface area contributed by atoms with E-state index in [4.69, 9.17) is 4.42 Å². The molecule has 2 aliphatic heterocycles. The number of hydrogen-bond donors (Lipinski definition) is 1. The summed E-state index contributed by atoms with van der Waals surface area (Å²) >= 11 is 0. The monoisotopic (exact) mass is 256 g/mol. The van der Waals surface area contributed by atoms with E-state index in [-0.39, 0.29) is 0 Å². The molecule has 2 saturated heterocycles. The summed E-state index contributed by atoms with van der Waals surface area (Å²) in [6.07, 6.45) is 2.71. The lowest BCUT2D eigenvalue weighted by molar-refractivity contribution is 0.110. The molecule has 3 heterocycles. The molecule has 3 nitrogen and oxygen atoms in total. The minimum atomic E-state index is 0.710. The highest BCUT2D eigenvalue weighted by Gasteiger charge is 2.35. The fourth-order valence-electron chi connectivity index (χ4n) is 3.67. The number of nitrogens with zero attached hydrogens (tertiary/aromatic N) is 1. The Bertz CT molecular complexity index is 544. The number of nitrogens with one attached hydrogen (secondary N) is 1. The van der Waals surface area contributed by atoms with Crippen molar-refractivity contribution in [3.05, 3.63) is 36.1 Å². The predicted octanol–water partition coefficient (Wildman–Crippen LogP) is 2.62. The van der Waals surface area contributed by atoms with Crippen LogP contribution in [-0.2, 0) is 6.54 Å². The van der Waals surface area contributed by atoms with E-state index in [0.717, 1.165) is 30.4 Å². The maximum atomic E-state index is 5.96. The zero-order valence-corrected chi connectivity index (χ0v) is 11.1. The lowest BCUT2D eigenvalue weighted by atomic mass is 9.92. The van der Waals surface area contributed by atoms with Gasteiger partial charge in [-0.2, -0.15) is 0 Å². The van der Waals surface area contributed by atoms with Gasteiger partial charge >= 0.3 is 0 Å². The van der Waals surface area contributed by atoms with Gasteiger partial charge in [-0.1, -0.05) is 18.2 Å². The zero-order valence-electron chi connectivity index (χ0n) is 11.1. The van der Waals surface area contributed by atoms with Crippen molar-refractivity contribution in [2.75, 3.05) is 19.6 Å². The van der Waals surface area contributed by atoms with E-state index in [0.29, 0.717) is 6.04 Å². The minimum absolute atomic E-state index is 0.710. The second-order valence-electron chi connectivity index (χ2n) is 5.85. The third-order valence-electron chi connectivity index (χ3n) is 4.63. The van der Waals surface area contributed by atoms with Crippen LogP contribution < -0.4 is 5.32 Å². The molecular formula is C16H20N2O. The van der Waals surface area contributed by atoms with Gasteiger partial charge in [-0.3, -0.25) is 4.90 Å². The highest BCUT2D eigenvalue weighted by atomic mass is 16.3. The maximum Gasteiger partial charge on any atom is 0.134 e. The number of hydrogen-bond acceptors (Lipinski definition) is 3. The molecule has 2 aromatic rings. The first-order chi connectivity index (χ1) is 9.40. The fraction of sp³-hybridized carbons (Fsp3) is 0.500. The Balaban J connectivity index is 1.56.